The number of ether oxygens (including phenoxy) is 1. The number of carbonyl (C=O) groups is 2. The summed E-state index contributed by atoms with van der Waals surface area (Å²) in [4.78, 5) is 25.7. The highest BCUT2D eigenvalue weighted by Crippen LogP contribution is 2.12. The van der Waals surface area contributed by atoms with Crippen molar-refractivity contribution in [2.24, 2.45) is 0 Å². The molecule has 0 saturated carbocycles. The lowest BCUT2D eigenvalue weighted by atomic mass is 10.1. The lowest BCUT2D eigenvalue weighted by Gasteiger charge is -2.13. The second kappa shape index (κ2) is 30.1. The predicted octanol–water partition coefficient (Wildman–Crippen LogP) is 9.25. The van der Waals surface area contributed by atoms with Gasteiger partial charge in [0.15, 0.2) is 0 Å². The van der Waals surface area contributed by atoms with E-state index >= 15 is 0 Å². The Morgan fingerprint density at radius 1 is 0.441 bits per heavy atom. The molecule has 0 rings (SSSR count). The van der Waals surface area contributed by atoms with Crippen molar-refractivity contribution < 1.29 is 14.3 Å². The van der Waals surface area contributed by atoms with E-state index < -0.39 is 0 Å². The molecule has 34 heavy (non-hydrogen) atoms. The van der Waals surface area contributed by atoms with Crippen molar-refractivity contribution >= 4 is 11.9 Å². The van der Waals surface area contributed by atoms with Crippen LogP contribution in [0.15, 0.2) is 0 Å². The smallest absolute Gasteiger partial charge is 0.313 e. The fourth-order valence-corrected chi connectivity index (χ4v) is 4.06. The Labute approximate surface area is 214 Å². The molecule has 0 aliphatic heterocycles. The Balaban J connectivity index is 0. The van der Waals surface area contributed by atoms with E-state index in [9.17, 15) is 9.59 Å². The number of hydrogen-bond acceptors (Lipinski definition) is 4. The van der Waals surface area contributed by atoms with Gasteiger partial charge in [-0.3, -0.25) is 9.59 Å². The van der Waals surface area contributed by atoms with Crippen LogP contribution in [0.3, 0.4) is 0 Å². The molecule has 0 heterocycles. The van der Waals surface area contributed by atoms with Crippen molar-refractivity contribution in [2.75, 3.05) is 19.6 Å². The fourth-order valence-electron chi connectivity index (χ4n) is 4.06. The zero-order valence-electron chi connectivity index (χ0n) is 23.9. The third-order valence-electron chi connectivity index (χ3n) is 6.54. The van der Waals surface area contributed by atoms with Crippen LogP contribution in [0.2, 0.25) is 0 Å². The highest BCUT2D eigenvalue weighted by Gasteiger charge is 2.09. The van der Waals surface area contributed by atoms with Crippen LogP contribution in [-0.2, 0) is 14.3 Å². The van der Waals surface area contributed by atoms with Crippen molar-refractivity contribution in [3.05, 3.63) is 0 Å². The fraction of sp³-hybridized carbons (Fsp3) is 0.933. The molecule has 0 bridgehead atoms. The van der Waals surface area contributed by atoms with Crippen LogP contribution in [0.25, 0.3) is 0 Å². The van der Waals surface area contributed by atoms with Crippen LogP contribution in [0.5, 0.6) is 0 Å². The van der Waals surface area contributed by atoms with Gasteiger partial charge in [-0.05, 0) is 32.5 Å². The quantitative estimate of drug-likeness (QED) is 0.0825. The standard InChI is InChI=1S/C24H46O3.C6H15N/c1-3-5-7-9-11-13-15-17-19-21-23(25)27-24(26)22-20-18-16-14-12-10-8-6-4-2;1-4-7(5-2)6-3/h3-22H2,1-2H3;4-6H2,1-3H3. The van der Waals surface area contributed by atoms with Gasteiger partial charge >= 0.3 is 11.9 Å². The minimum atomic E-state index is -0.334. The monoisotopic (exact) mass is 483 g/mol. The molecule has 0 atom stereocenters. The van der Waals surface area contributed by atoms with E-state index in [2.05, 4.69) is 39.5 Å². The van der Waals surface area contributed by atoms with Crippen LogP contribution in [0.1, 0.15) is 163 Å². The second-order valence-corrected chi connectivity index (χ2v) is 9.62. The number of esters is 2. The minimum absolute atomic E-state index is 0.334. The molecule has 4 heteroatoms. The van der Waals surface area contributed by atoms with E-state index in [0.717, 1.165) is 25.7 Å². The summed E-state index contributed by atoms with van der Waals surface area (Å²) in [6, 6.07) is 0. The van der Waals surface area contributed by atoms with Gasteiger partial charge in [0, 0.05) is 12.8 Å². The zero-order chi connectivity index (χ0) is 25.7. The van der Waals surface area contributed by atoms with Gasteiger partial charge in [0.05, 0.1) is 0 Å². The molecule has 0 aromatic rings. The average molecular weight is 484 g/mol. The summed E-state index contributed by atoms with van der Waals surface area (Å²) in [7, 11) is 0. The van der Waals surface area contributed by atoms with Gasteiger partial charge in [0.1, 0.15) is 0 Å². The number of rotatable bonds is 23. The van der Waals surface area contributed by atoms with E-state index in [4.69, 9.17) is 4.74 Å². The SMILES string of the molecule is CCCCCCCCCCCC(=O)OC(=O)CCCCCCCCCCC.CCN(CC)CC. The summed E-state index contributed by atoms with van der Waals surface area (Å²) >= 11 is 0. The Bertz CT molecular complexity index is 384. The highest BCUT2D eigenvalue weighted by atomic mass is 16.6. The van der Waals surface area contributed by atoms with Crippen LogP contribution >= 0.6 is 0 Å². The summed E-state index contributed by atoms with van der Waals surface area (Å²) in [5, 5.41) is 0. The van der Waals surface area contributed by atoms with Crippen LogP contribution in [0.4, 0.5) is 0 Å². The summed E-state index contributed by atoms with van der Waals surface area (Å²) in [5.41, 5.74) is 0. The van der Waals surface area contributed by atoms with Crippen molar-refractivity contribution in [1.29, 1.82) is 0 Å². The molecular weight excluding hydrogens is 422 g/mol. The molecule has 4 nitrogen and oxygen atoms in total. The Morgan fingerprint density at radius 2 is 0.706 bits per heavy atom. The van der Waals surface area contributed by atoms with Gasteiger partial charge in [-0.2, -0.15) is 0 Å². The highest BCUT2D eigenvalue weighted by molar-refractivity contribution is 5.85. The number of nitrogens with zero attached hydrogens (tertiary/aromatic N) is 1. The van der Waals surface area contributed by atoms with Crippen molar-refractivity contribution in [3.8, 4) is 0 Å². The Kier molecular flexibility index (Phi) is 31.3. The molecular formula is C30H61NO3. The summed E-state index contributed by atoms with van der Waals surface area (Å²) < 4.78 is 4.92. The molecule has 0 aromatic carbocycles. The largest absolute Gasteiger partial charge is 0.393 e. The zero-order valence-corrected chi connectivity index (χ0v) is 23.9. The van der Waals surface area contributed by atoms with Crippen molar-refractivity contribution in [1.82, 2.24) is 4.90 Å². The molecule has 0 aromatic heterocycles. The van der Waals surface area contributed by atoms with Crippen LogP contribution in [-0.4, -0.2) is 36.5 Å². The summed E-state index contributed by atoms with van der Waals surface area (Å²) in [6.45, 7) is 14.6. The summed E-state index contributed by atoms with van der Waals surface area (Å²) in [6.07, 6.45) is 22.8. The average Bonchev–Trinajstić information content (AvgIpc) is 2.83. The molecule has 0 aliphatic carbocycles. The van der Waals surface area contributed by atoms with Crippen molar-refractivity contribution in [2.45, 2.75) is 163 Å². The normalized spacial score (nSPS) is 10.8. The second-order valence-electron chi connectivity index (χ2n) is 9.62. The summed E-state index contributed by atoms with van der Waals surface area (Å²) in [5.74, 6) is -0.669. The van der Waals surface area contributed by atoms with E-state index in [1.807, 2.05) is 0 Å². The predicted molar refractivity (Wildman–Crippen MR) is 148 cm³/mol. The lowest BCUT2D eigenvalue weighted by Crippen LogP contribution is -2.21. The van der Waals surface area contributed by atoms with E-state index in [1.165, 1.54) is 110 Å². The van der Waals surface area contributed by atoms with Crippen LogP contribution < -0.4 is 0 Å². The maximum atomic E-state index is 11.7. The molecule has 0 aliphatic rings. The maximum absolute atomic E-state index is 11.7. The number of hydrogen-bond donors (Lipinski definition) is 0. The molecule has 0 N–H and O–H groups in total. The Hall–Kier alpha value is -0.900. The number of unbranched alkanes of at least 4 members (excludes halogenated alkanes) is 16. The van der Waals surface area contributed by atoms with E-state index in [1.54, 1.807) is 0 Å². The van der Waals surface area contributed by atoms with Gasteiger partial charge in [-0.15, -0.1) is 0 Å². The van der Waals surface area contributed by atoms with Crippen molar-refractivity contribution in [3.63, 3.8) is 0 Å². The van der Waals surface area contributed by atoms with Gasteiger partial charge in [-0.25, -0.2) is 0 Å². The first-order valence-electron chi connectivity index (χ1n) is 15.0. The van der Waals surface area contributed by atoms with Gasteiger partial charge in [0.25, 0.3) is 0 Å². The third kappa shape index (κ3) is 29.1. The molecule has 0 unspecified atom stereocenters. The maximum Gasteiger partial charge on any atom is 0.313 e. The molecule has 0 amide bonds. The first kappa shape index (κ1) is 35.3. The lowest BCUT2D eigenvalue weighted by molar-refractivity contribution is -0.159. The first-order chi connectivity index (χ1) is 16.5. The van der Waals surface area contributed by atoms with Gasteiger partial charge < -0.3 is 9.64 Å². The topological polar surface area (TPSA) is 46.6 Å². The molecule has 0 fully saturated rings. The third-order valence-corrected chi connectivity index (χ3v) is 6.54. The van der Waals surface area contributed by atoms with Gasteiger partial charge in [-0.1, -0.05) is 137 Å². The van der Waals surface area contributed by atoms with Gasteiger partial charge in [0.2, 0.25) is 0 Å². The molecule has 0 saturated heterocycles. The molecule has 0 radical (unpaired) electrons. The molecule has 204 valence electrons. The minimum Gasteiger partial charge on any atom is -0.393 e. The molecule has 0 spiro atoms. The van der Waals surface area contributed by atoms with E-state index in [-0.39, 0.29) is 11.9 Å². The Morgan fingerprint density at radius 3 is 0.941 bits per heavy atom. The van der Waals surface area contributed by atoms with E-state index in [0.29, 0.717) is 12.8 Å². The van der Waals surface area contributed by atoms with Crippen LogP contribution in [0, 0.1) is 0 Å². The number of carbonyl (C=O) groups excluding carboxylic acids is 2. The first-order valence-corrected chi connectivity index (χ1v) is 15.0.